The first-order valence-electron chi connectivity index (χ1n) is 7.98. The van der Waals surface area contributed by atoms with E-state index < -0.39 is 6.03 Å². The second-order valence-corrected chi connectivity index (χ2v) is 5.28. The van der Waals surface area contributed by atoms with Crippen LogP contribution < -0.4 is 15.5 Å². The van der Waals surface area contributed by atoms with E-state index in [0.29, 0.717) is 35.6 Å². The number of rotatable bonds is 7. The first-order chi connectivity index (χ1) is 12.5. The van der Waals surface area contributed by atoms with Crippen molar-refractivity contribution in [1.29, 1.82) is 0 Å². The Hall–Kier alpha value is -3.35. The van der Waals surface area contributed by atoms with Gasteiger partial charge in [0, 0.05) is 11.3 Å². The van der Waals surface area contributed by atoms with Crippen molar-refractivity contribution in [3.05, 3.63) is 66.0 Å². The van der Waals surface area contributed by atoms with Crippen LogP contribution in [-0.4, -0.2) is 24.0 Å². The van der Waals surface area contributed by atoms with Crippen molar-refractivity contribution in [1.82, 2.24) is 5.43 Å². The van der Waals surface area contributed by atoms with E-state index in [1.54, 1.807) is 18.2 Å². The normalized spacial score (nSPS) is 10.5. The van der Waals surface area contributed by atoms with Gasteiger partial charge < -0.3 is 15.2 Å². The minimum absolute atomic E-state index is 0.0610. The summed E-state index contributed by atoms with van der Waals surface area (Å²) in [7, 11) is 0. The van der Waals surface area contributed by atoms with Crippen LogP contribution in [0.1, 0.15) is 18.1 Å². The molecule has 0 saturated heterocycles. The van der Waals surface area contributed by atoms with Crippen LogP contribution in [-0.2, 0) is 6.42 Å². The average Bonchev–Trinajstić information content (AvgIpc) is 2.61. The minimum Gasteiger partial charge on any atom is -0.504 e. The summed E-state index contributed by atoms with van der Waals surface area (Å²) in [5.74, 6) is 0.0108. The summed E-state index contributed by atoms with van der Waals surface area (Å²) in [5.41, 5.74) is 4.04. The van der Waals surface area contributed by atoms with Crippen molar-refractivity contribution in [2.24, 2.45) is 5.10 Å². The molecule has 136 valence electrons. The van der Waals surface area contributed by atoms with Crippen LogP contribution in [0.4, 0.5) is 14.9 Å². The molecule has 3 N–H and O–H groups in total. The molecule has 2 rings (SSSR count). The van der Waals surface area contributed by atoms with E-state index in [1.807, 2.05) is 6.92 Å². The third-order valence-electron chi connectivity index (χ3n) is 3.32. The molecule has 0 aliphatic rings. The fraction of sp³-hybridized carbons (Fsp3) is 0.158. The number of hydrogen-bond donors (Lipinski definition) is 3. The second-order valence-electron chi connectivity index (χ2n) is 5.28. The Bertz CT molecular complexity index is 804. The Morgan fingerprint density at radius 3 is 2.73 bits per heavy atom. The highest BCUT2D eigenvalue weighted by atomic mass is 19.1. The van der Waals surface area contributed by atoms with Crippen molar-refractivity contribution in [2.75, 3.05) is 11.9 Å². The number of anilines is 1. The standard InChI is InChI=1S/C19H20FN3O3/c1-3-5-14-10-13(11-17(18(14)24)26-4-2)12-21-23-19(25)22-16-8-6-15(20)7-9-16/h3,6-12,24H,1,4-5H2,2H3,(H2,22,23,25)/b21-12+. The number of amides is 2. The summed E-state index contributed by atoms with van der Waals surface area (Å²) >= 11 is 0. The third kappa shape index (κ3) is 5.34. The predicted molar refractivity (Wildman–Crippen MR) is 99.3 cm³/mol. The van der Waals surface area contributed by atoms with E-state index in [9.17, 15) is 14.3 Å². The van der Waals surface area contributed by atoms with E-state index >= 15 is 0 Å². The Kier molecular flexibility index (Phi) is 6.73. The zero-order valence-corrected chi connectivity index (χ0v) is 14.3. The van der Waals surface area contributed by atoms with Crippen LogP contribution in [0.3, 0.4) is 0 Å². The van der Waals surface area contributed by atoms with E-state index in [4.69, 9.17) is 4.74 Å². The molecule has 0 unspecified atom stereocenters. The molecule has 0 saturated carbocycles. The fourth-order valence-corrected chi connectivity index (χ4v) is 2.20. The monoisotopic (exact) mass is 357 g/mol. The number of nitrogens with one attached hydrogen (secondary N) is 2. The lowest BCUT2D eigenvalue weighted by Gasteiger charge is -2.10. The van der Waals surface area contributed by atoms with Gasteiger partial charge in [0.2, 0.25) is 0 Å². The van der Waals surface area contributed by atoms with Crippen molar-refractivity contribution < 1.29 is 19.0 Å². The van der Waals surface area contributed by atoms with Gasteiger partial charge in [0.15, 0.2) is 11.5 Å². The van der Waals surface area contributed by atoms with Crippen LogP contribution in [0.5, 0.6) is 11.5 Å². The fourth-order valence-electron chi connectivity index (χ4n) is 2.20. The SMILES string of the molecule is C=CCc1cc(/C=N/NC(=O)Nc2ccc(F)cc2)cc(OCC)c1O. The van der Waals surface area contributed by atoms with Gasteiger partial charge in [-0.05, 0) is 55.3 Å². The van der Waals surface area contributed by atoms with Gasteiger partial charge in [0.05, 0.1) is 12.8 Å². The van der Waals surface area contributed by atoms with E-state index in [-0.39, 0.29) is 11.6 Å². The van der Waals surface area contributed by atoms with Crippen molar-refractivity contribution in [3.63, 3.8) is 0 Å². The van der Waals surface area contributed by atoms with Crippen molar-refractivity contribution in [3.8, 4) is 11.5 Å². The lowest BCUT2D eigenvalue weighted by molar-refractivity contribution is 0.252. The largest absolute Gasteiger partial charge is 0.504 e. The number of phenolic OH excluding ortho intramolecular Hbond substituents is 1. The number of carbonyl (C=O) groups is 1. The van der Waals surface area contributed by atoms with Gasteiger partial charge in [-0.25, -0.2) is 14.6 Å². The molecule has 0 aromatic heterocycles. The maximum absolute atomic E-state index is 12.8. The second kappa shape index (κ2) is 9.22. The Morgan fingerprint density at radius 1 is 1.35 bits per heavy atom. The van der Waals surface area contributed by atoms with Gasteiger partial charge in [0.25, 0.3) is 0 Å². The van der Waals surface area contributed by atoms with Gasteiger partial charge in [-0.15, -0.1) is 6.58 Å². The molecule has 0 atom stereocenters. The molecule has 0 fully saturated rings. The maximum Gasteiger partial charge on any atom is 0.339 e. The number of carbonyl (C=O) groups excluding carboxylic acids is 1. The highest BCUT2D eigenvalue weighted by molar-refractivity contribution is 5.90. The van der Waals surface area contributed by atoms with Gasteiger partial charge >= 0.3 is 6.03 Å². The quantitative estimate of drug-likeness (QED) is 0.400. The lowest BCUT2D eigenvalue weighted by atomic mass is 10.1. The molecule has 7 heteroatoms. The Labute approximate surface area is 151 Å². The molecule has 6 nitrogen and oxygen atoms in total. The van der Waals surface area contributed by atoms with Crippen LogP contribution in [0.25, 0.3) is 0 Å². The van der Waals surface area contributed by atoms with Crippen LogP contribution >= 0.6 is 0 Å². The molecule has 0 heterocycles. The zero-order chi connectivity index (χ0) is 18.9. The number of urea groups is 1. The number of allylic oxidation sites excluding steroid dienone is 1. The number of halogens is 1. The number of hydrogen-bond acceptors (Lipinski definition) is 4. The molecule has 2 aromatic rings. The molecule has 2 aromatic carbocycles. The highest BCUT2D eigenvalue weighted by Crippen LogP contribution is 2.31. The highest BCUT2D eigenvalue weighted by Gasteiger charge is 2.09. The Balaban J connectivity index is 2.05. The molecule has 0 radical (unpaired) electrons. The summed E-state index contributed by atoms with van der Waals surface area (Å²) < 4.78 is 18.2. The molecule has 26 heavy (non-hydrogen) atoms. The summed E-state index contributed by atoms with van der Waals surface area (Å²) in [6, 6.07) is 8.14. The maximum atomic E-state index is 12.8. The van der Waals surface area contributed by atoms with Crippen molar-refractivity contribution in [2.45, 2.75) is 13.3 Å². The molecule has 0 aliphatic heterocycles. The molecular formula is C19H20FN3O3. The van der Waals surface area contributed by atoms with Crippen LogP contribution in [0.2, 0.25) is 0 Å². The number of phenols is 1. The van der Waals surface area contributed by atoms with Gasteiger partial charge in [-0.1, -0.05) is 6.08 Å². The summed E-state index contributed by atoms with van der Waals surface area (Å²) in [6.07, 6.45) is 3.56. The predicted octanol–water partition coefficient (Wildman–Crippen LogP) is 3.81. The number of hydrazone groups is 1. The molecular weight excluding hydrogens is 337 g/mol. The summed E-state index contributed by atoms with van der Waals surface area (Å²) in [5, 5.41) is 16.5. The van der Waals surface area contributed by atoms with E-state index in [1.165, 1.54) is 30.5 Å². The lowest BCUT2D eigenvalue weighted by Crippen LogP contribution is -2.24. The van der Waals surface area contributed by atoms with Gasteiger partial charge in [-0.3, -0.25) is 0 Å². The molecule has 2 amide bonds. The minimum atomic E-state index is -0.567. The van der Waals surface area contributed by atoms with E-state index in [0.717, 1.165) is 0 Å². The molecule has 0 spiro atoms. The molecule has 0 aliphatic carbocycles. The third-order valence-corrected chi connectivity index (χ3v) is 3.32. The summed E-state index contributed by atoms with van der Waals surface area (Å²) in [6.45, 7) is 5.88. The summed E-state index contributed by atoms with van der Waals surface area (Å²) in [4.78, 5) is 11.8. The smallest absolute Gasteiger partial charge is 0.339 e. The number of benzene rings is 2. The van der Waals surface area contributed by atoms with Gasteiger partial charge in [0.1, 0.15) is 5.82 Å². The average molecular weight is 357 g/mol. The van der Waals surface area contributed by atoms with Gasteiger partial charge in [-0.2, -0.15) is 5.10 Å². The molecule has 0 bridgehead atoms. The topological polar surface area (TPSA) is 83.0 Å². The van der Waals surface area contributed by atoms with Crippen molar-refractivity contribution >= 4 is 17.9 Å². The number of aromatic hydroxyl groups is 1. The van der Waals surface area contributed by atoms with E-state index in [2.05, 4.69) is 22.4 Å². The van der Waals surface area contributed by atoms with Crippen LogP contribution in [0.15, 0.2) is 54.2 Å². The zero-order valence-electron chi connectivity index (χ0n) is 14.3. The first-order valence-corrected chi connectivity index (χ1v) is 7.98. The first kappa shape index (κ1) is 19.0. The number of ether oxygens (including phenoxy) is 1. The number of nitrogens with zero attached hydrogens (tertiary/aromatic N) is 1. The Morgan fingerprint density at radius 2 is 2.08 bits per heavy atom. The van der Waals surface area contributed by atoms with Crippen LogP contribution in [0, 0.1) is 5.82 Å².